The van der Waals surface area contributed by atoms with Crippen LogP contribution in [0.4, 0.5) is 0 Å². The van der Waals surface area contributed by atoms with E-state index in [9.17, 15) is 5.11 Å². The molecular formula is C16H29NO2. The van der Waals surface area contributed by atoms with E-state index < -0.39 is 0 Å². The number of hydrogen-bond acceptors (Lipinski definition) is 3. The summed E-state index contributed by atoms with van der Waals surface area (Å²) < 4.78 is 6.25. The normalized spacial score (nSPS) is 42.0. The highest BCUT2D eigenvalue weighted by Gasteiger charge is 2.51. The van der Waals surface area contributed by atoms with Gasteiger partial charge in [-0.1, -0.05) is 13.8 Å². The molecule has 1 atom stereocenters. The summed E-state index contributed by atoms with van der Waals surface area (Å²) in [4.78, 5) is 0. The molecule has 4 saturated carbocycles. The first-order valence-electron chi connectivity index (χ1n) is 8.10. The second-order valence-corrected chi connectivity index (χ2v) is 7.63. The van der Waals surface area contributed by atoms with Crippen LogP contribution in [0.3, 0.4) is 0 Å². The standard InChI is InChI=1S/C16H29NO2/c1-11(2)17-9-15(18)10-19-16-6-12-3-13(7-16)5-14(4-12)8-16/h11-15,17-18H,3-10H2,1-2H3. The van der Waals surface area contributed by atoms with Gasteiger partial charge in [-0.2, -0.15) is 0 Å². The van der Waals surface area contributed by atoms with E-state index in [4.69, 9.17) is 4.74 Å². The lowest BCUT2D eigenvalue weighted by Crippen LogP contribution is -2.53. The molecule has 4 rings (SSSR count). The molecule has 4 bridgehead atoms. The van der Waals surface area contributed by atoms with Gasteiger partial charge in [-0.25, -0.2) is 0 Å². The lowest BCUT2D eigenvalue weighted by molar-refractivity contribution is -0.174. The zero-order valence-corrected chi connectivity index (χ0v) is 12.4. The number of hydrogen-bond donors (Lipinski definition) is 2. The first-order chi connectivity index (χ1) is 9.05. The van der Waals surface area contributed by atoms with Crippen molar-refractivity contribution in [2.75, 3.05) is 13.2 Å². The van der Waals surface area contributed by atoms with Crippen LogP contribution in [0.2, 0.25) is 0 Å². The molecular weight excluding hydrogens is 238 g/mol. The maximum Gasteiger partial charge on any atom is 0.0898 e. The Hall–Kier alpha value is -0.120. The highest BCUT2D eigenvalue weighted by molar-refractivity contribution is 5.03. The predicted molar refractivity (Wildman–Crippen MR) is 76.0 cm³/mol. The summed E-state index contributed by atoms with van der Waals surface area (Å²) in [5.74, 6) is 2.74. The molecule has 0 amide bonds. The first kappa shape index (κ1) is 13.8. The molecule has 4 fully saturated rings. The topological polar surface area (TPSA) is 41.5 Å². The van der Waals surface area contributed by atoms with Gasteiger partial charge >= 0.3 is 0 Å². The number of aliphatic hydroxyl groups excluding tert-OH is 1. The summed E-state index contributed by atoms with van der Waals surface area (Å²) in [7, 11) is 0. The molecule has 3 heteroatoms. The minimum Gasteiger partial charge on any atom is -0.389 e. The van der Waals surface area contributed by atoms with E-state index in [1.165, 1.54) is 38.5 Å². The van der Waals surface area contributed by atoms with E-state index >= 15 is 0 Å². The third kappa shape index (κ3) is 3.14. The third-order valence-corrected chi connectivity index (χ3v) is 5.33. The number of ether oxygens (including phenoxy) is 1. The molecule has 0 heterocycles. The van der Waals surface area contributed by atoms with Crippen LogP contribution in [-0.4, -0.2) is 36.0 Å². The van der Waals surface area contributed by atoms with Gasteiger partial charge in [-0.05, 0) is 56.3 Å². The molecule has 0 spiro atoms. The monoisotopic (exact) mass is 267 g/mol. The minimum absolute atomic E-state index is 0.133. The van der Waals surface area contributed by atoms with Gasteiger partial charge in [0.2, 0.25) is 0 Å². The smallest absolute Gasteiger partial charge is 0.0898 e. The van der Waals surface area contributed by atoms with Crippen LogP contribution in [0.5, 0.6) is 0 Å². The van der Waals surface area contributed by atoms with Crippen molar-refractivity contribution in [3.05, 3.63) is 0 Å². The Kier molecular flexibility index (Phi) is 3.89. The molecule has 3 nitrogen and oxygen atoms in total. The average molecular weight is 267 g/mol. The molecule has 1 unspecified atom stereocenters. The maximum atomic E-state index is 10.0. The molecule has 4 aliphatic rings. The summed E-state index contributed by atoms with van der Waals surface area (Å²) in [6.45, 7) is 5.36. The van der Waals surface area contributed by atoms with Crippen molar-refractivity contribution in [3.8, 4) is 0 Å². The fourth-order valence-corrected chi connectivity index (χ4v) is 4.91. The van der Waals surface area contributed by atoms with Crippen LogP contribution in [0.1, 0.15) is 52.4 Å². The number of nitrogens with one attached hydrogen (secondary N) is 1. The highest BCUT2D eigenvalue weighted by atomic mass is 16.5. The van der Waals surface area contributed by atoms with Gasteiger partial charge in [0.25, 0.3) is 0 Å². The molecule has 19 heavy (non-hydrogen) atoms. The Morgan fingerprint density at radius 1 is 1.11 bits per heavy atom. The minimum atomic E-state index is -0.365. The maximum absolute atomic E-state index is 10.0. The van der Waals surface area contributed by atoms with Crippen LogP contribution < -0.4 is 5.32 Å². The van der Waals surface area contributed by atoms with Crippen molar-refractivity contribution in [2.24, 2.45) is 17.8 Å². The summed E-state index contributed by atoms with van der Waals surface area (Å²) in [5, 5.41) is 13.3. The second-order valence-electron chi connectivity index (χ2n) is 7.63. The molecule has 110 valence electrons. The van der Waals surface area contributed by atoms with E-state index in [0.717, 1.165) is 17.8 Å². The molecule has 2 N–H and O–H groups in total. The Morgan fingerprint density at radius 2 is 1.63 bits per heavy atom. The van der Waals surface area contributed by atoms with Crippen LogP contribution in [-0.2, 0) is 4.74 Å². The summed E-state index contributed by atoms with van der Waals surface area (Å²) in [6.07, 6.45) is 7.73. The van der Waals surface area contributed by atoms with Gasteiger partial charge in [0.05, 0.1) is 18.3 Å². The quantitative estimate of drug-likeness (QED) is 0.776. The summed E-state index contributed by atoms with van der Waals surface area (Å²) in [6, 6.07) is 0.425. The molecule has 4 aliphatic carbocycles. The molecule has 0 radical (unpaired) electrons. The van der Waals surface area contributed by atoms with Gasteiger partial charge < -0.3 is 15.2 Å². The van der Waals surface area contributed by atoms with Crippen molar-refractivity contribution < 1.29 is 9.84 Å². The summed E-state index contributed by atoms with van der Waals surface area (Å²) >= 11 is 0. The lowest BCUT2D eigenvalue weighted by Gasteiger charge is -2.56. The zero-order chi connectivity index (χ0) is 13.5. The van der Waals surface area contributed by atoms with E-state index in [0.29, 0.717) is 19.2 Å². The van der Waals surface area contributed by atoms with E-state index in [1.807, 2.05) is 0 Å². The fourth-order valence-electron chi connectivity index (χ4n) is 4.91. The predicted octanol–water partition coefficient (Wildman–Crippen LogP) is 2.33. The summed E-state index contributed by atoms with van der Waals surface area (Å²) in [5.41, 5.74) is 0.133. The number of aliphatic hydroxyl groups is 1. The van der Waals surface area contributed by atoms with Crippen LogP contribution in [0, 0.1) is 17.8 Å². The van der Waals surface area contributed by atoms with Crippen LogP contribution in [0.25, 0.3) is 0 Å². The van der Waals surface area contributed by atoms with Crippen LogP contribution >= 0.6 is 0 Å². The van der Waals surface area contributed by atoms with Gasteiger partial charge in [-0.3, -0.25) is 0 Å². The van der Waals surface area contributed by atoms with Crippen LogP contribution in [0.15, 0.2) is 0 Å². The van der Waals surface area contributed by atoms with E-state index in [-0.39, 0.29) is 11.7 Å². The zero-order valence-electron chi connectivity index (χ0n) is 12.4. The Labute approximate surface area is 117 Å². The van der Waals surface area contributed by atoms with E-state index in [2.05, 4.69) is 19.2 Å². The molecule has 0 aromatic heterocycles. The van der Waals surface area contributed by atoms with Gasteiger partial charge in [0, 0.05) is 12.6 Å². The lowest BCUT2D eigenvalue weighted by atomic mass is 9.54. The molecule has 0 aliphatic heterocycles. The van der Waals surface area contributed by atoms with Gasteiger partial charge in [0.1, 0.15) is 0 Å². The Balaban J connectivity index is 1.49. The highest BCUT2D eigenvalue weighted by Crippen LogP contribution is 2.57. The SMILES string of the molecule is CC(C)NCC(O)COC12CC3CC(CC(C3)C1)C2. The Morgan fingerprint density at radius 3 is 2.11 bits per heavy atom. The van der Waals surface area contributed by atoms with E-state index in [1.54, 1.807) is 0 Å². The fraction of sp³-hybridized carbons (Fsp3) is 1.00. The van der Waals surface area contributed by atoms with Gasteiger partial charge in [0.15, 0.2) is 0 Å². The van der Waals surface area contributed by atoms with Crippen molar-refractivity contribution in [2.45, 2.75) is 70.1 Å². The number of rotatable bonds is 6. The van der Waals surface area contributed by atoms with Crippen molar-refractivity contribution >= 4 is 0 Å². The molecule has 0 aromatic rings. The largest absolute Gasteiger partial charge is 0.389 e. The Bertz CT molecular complexity index is 281. The van der Waals surface area contributed by atoms with Crippen molar-refractivity contribution in [3.63, 3.8) is 0 Å². The first-order valence-corrected chi connectivity index (χ1v) is 8.10. The average Bonchev–Trinajstić information content (AvgIpc) is 2.32. The third-order valence-electron chi connectivity index (χ3n) is 5.33. The van der Waals surface area contributed by atoms with Crippen molar-refractivity contribution in [1.29, 1.82) is 0 Å². The van der Waals surface area contributed by atoms with Gasteiger partial charge in [-0.15, -0.1) is 0 Å². The second kappa shape index (κ2) is 5.34. The molecule has 0 saturated heterocycles. The molecule has 0 aromatic carbocycles. The van der Waals surface area contributed by atoms with Crippen molar-refractivity contribution in [1.82, 2.24) is 5.32 Å².